The average Bonchev–Trinajstić information content (AvgIpc) is 2.92. The van der Waals surface area contributed by atoms with Crippen molar-refractivity contribution < 1.29 is 4.79 Å². The lowest BCUT2D eigenvalue weighted by molar-refractivity contribution is -0.116. The van der Waals surface area contributed by atoms with Crippen molar-refractivity contribution in [2.45, 2.75) is 44.9 Å². The number of nitrogens with one attached hydrogen (secondary N) is 1. The Kier molecular flexibility index (Phi) is 4.78. The standard InChI is InChI=1S/C19H20N2OS/c1-13(14-7-3-2-4-8-14)11-18(22)21-19-16(12-20)15-9-5-6-10-17(15)23-19/h2-4,7-8,13H,5-6,9-11H2,1H3,(H,21,22). The van der Waals surface area contributed by atoms with Gasteiger partial charge in [-0.05, 0) is 42.7 Å². The Balaban J connectivity index is 1.71. The van der Waals surface area contributed by atoms with E-state index in [9.17, 15) is 10.1 Å². The molecule has 2 aromatic rings. The van der Waals surface area contributed by atoms with Crippen LogP contribution in [0.5, 0.6) is 0 Å². The van der Waals surface area contributed by atoms with Crippen LogP contribution in [-0.2, 0) is 17.6 Å². The minimum absolute atomic E-state index is 0.0172. The van der Waals surface area contributed by atoms with E-state index >= 15 is 0 Å². The summed E-state index contributed by atoms with van der Waals surface area (Å²) in [6, 6.07) is 12.3. The third kappa shape index (κ3) is 3.46. The molecule has 3 nitrogen and oxygen atoms in total. The van der Waals surface area contributed by atoms with E-state index in [4.69, 9.17) is 0 Å². The van der Waals surface area contributed by atoms with Gasteiger partial charge in [0.2, 0.25) is 5.91 Å². The first-order valence-electron chi connectivity index (χ1n) is 8.08. The zero-order valence-electron chi connectivity index (χ0n) is 13.3. The molecule has 23 heavy (non-hydrogen) atoms. The van der Waals surface area contributed by atoms with Crippen molar-refractivity contribution in [2.24, 2.45) is 0 Å². The lowest BCUT2D eigenvalue weighted by atomic mass is 9.96. The van der Waals surface area contributed by atoms with Crippen LogP contribution >= 0.6 is 11.3 Å². The van der Waals surface area contributed by atoms with Crippen LogP contribution in [0.2, 0.25) is 0 Å². The van der Waals surface area contributed by atoms with Crippen molar-refractivity contribution in [3.8, 4) is 6.07 Å². The van der Waals surface area contributed by atoms with Gasteiger partial charge >= 0.3 is 0 Å². The molecule has 0 bridgehead atoms. The molecule has 4 heteroatoms. The van der Waals surface area contributed by atoms with Crippen molar-refractivity contribution >= 4 is 22.2 Å². The first-order chi connectivity index (χ1) is 11.2. The maximum atomic E-state index is 12.4. The summed E-state index contributed by atoms with van der Waals surface area (Å²) in [6.45, 7) is 2.06. The minimum atomic E-state index is -0.0172. The Morgan fingerprint density at radius 2 is 2.04 bits per heavy atom. The molecule has 0 saturated carbocycles. The highest BCUT2D eigenvalue weighted by molar-refractivity contribution is 7.16. The number of nitriles is 1. The largest absolute Gasteiger partial charge is 0.317 e. The summed E-state index contributed by atoms with van der Waals surface area (Å²) in [5.74, 6) is 0.146. The topological polar surface area (TPSA) is 52.9 Å². The Morgan fingerprint density at radius 1 is 1.30 bits per heavy atom. The van der Waals surface area contributed by atoms with Crippen molar-refractivity contribution in [3.05, 3.63) is 51.9 Å². The highest BCUT2D eigenvalue weighted by atomic mass is 32.1. The predicted octanol–water partition coefficient (Wildman–Crippen LogP) is 4.63. The second-order valence-corrected chi connectivity index (χ2v) is 7.20. The fraction of sp³-hybridized carbons (Fsp3) is 0.368. The molecule has 1 N–H and O–H groups in total. The number of fused-ring (bicyclic) bond motifs is 1. The van der Waals surface area contributed by atoms with Crippen LogP contribution in [0.15, 0.2) is 30.3 Å². The van der Waals surface area contributed by atoms with Crippen LogP contribution < -0.4 is 5.32 Å². The SMILES string of the molecule is CC(CC(=O)Nc1sc2c(c1C#N)CCCC2)c1ccccc1. The van der Waals surface area contributed by atoms with Crippen molar-refractivity contribution in [2.75, 3.05) is 5.32 Å². The van der Waals surface area contributed by atoms with Gasteiger partial charge in [-0.25, -0.2) is 0 Å². The molecule has 1 aromatic carbocycles. The van der Waals surface area contributed by atoms with Gasteiger partial charge in [0.1, 0.15) is 11.1 Å². The number of carbonyl (C=O) groups excluding carboxylic acids is 1. The Morgan fingerprint density at radius 3 is 2.78 bits per heavy atom. The summed E-state index contributed by atoms with van der Waals surface area (Å²) in [4.78, 5) is 13.6. The van der Waals surface area contributed by atoms with Crippen LogP contribution in [0.3, 0.4) is 0 Å². The molecular formula is C19H20N2OS. The Hall–Kier alpha value is -2.12. The molecule has 118 valence electrons. The minimum Gasteiger partial charge on any atom is -0.317 e. The first-order valence-corrected chi connectivity index (χ1v) is 8.90. The van der Waals surface area contributed by atoms with E-state index in [1.165, 1.54) is 11.3 Å². The van der Waals surface area contributed by atoms with Crippen molar-refractivity contribution in [1.82, 2.24) is 0 Å². The number of amides is 1. The molecule has 1 aliphatic rings. The number of hydrogen-bond donors (Lipinski definition) is 1. The van der Waals surface area contributed by atoms with Crippen molar-refractivity contribution in [3.63, 3.8) is 0 Å². The molecule has 0 spiro atoms. The summed E-state index contributed by atoms with van der Waals surface area (Å²) in [6.07, 6.45) is 4.74. The maximum Gasteiger partial charge on any atom is 0.225 e. The quantitative estimate of drug-likeness (QED) is 0.891. The normalized spacial score (nSPS) is 14.6. The van der Waals surface area contributed by atoms with E-state index in [2.05, 4.69) is 18.3 Å². The van der Waals surface area contributed by atoms with Gasteiger partial charge in [-0.1, -0.05) is 37.3 Å². The van der Waals surface area contributed by atoms with Gasteiger partial charge in [0.25, 0.3) is 0 Å². The molecule has 1 heterocycles. The van der Waals surface area contributed by atoms with Gasteiger partial charge < -0.3 is 5.32 Å². The van der Waals surface area contributed by atoms with Crippen LogP contribution in [0.1, 0.15) is 53.7 Å². The summed E-state index contributed by atoms with van der Waals surface area (Å²) in [5, 5.41) is 13.2. The number of aryl methyl sites for hydroxylation is 1. The van der Waals surface area contributed by atoms with E-state index in [0.717, 1.165) is 35.4 Å². The summed E-state index contributed by atoms with van der Waals surface area (Å²) < 4.78 is 0. The molecule has 0 radical (unpaired) electrons. The molecule has 0 aliphatic heterocycles. The monoisotopic (exact) mass is 324 g/mol. The third-order valence-corrected chi connectivity index (χ3v) is 5.60. The van der Waals surface area contributed by atoms with E-state index in [1.54, 1.807) is 11.3 Å². The number of rotatable bonds is 4. The molecule has 0 fully saturated rings. The number of anilines is 1. The highest BCUT2D eigenvalue weighted by Crippen LogP contribution is 2.37. The van der Waals surface area contributed by atoms with Gasteiger partial charge in [-0.15, -0.1) is 11.3 Å². The fourth-order valence-corrected chi connectivity index (χ4v) is 4.38. The molecule has 1 unspecified atom stereocenters. The fourth-order valence-electron chi connectivity index (χ4n) is 3.13. The van der Waals surface area contributed by atoms with Gasteiger partial charge in [0.15, 0.2) is 0 Å². The van der Waals surface area contributed by atoms with Crippen LogP contribution in [-0.4, -0.2) is 5.91 Å². The van der Waals surface area contributed by atoms with Crippen LogP contribution in [0.4, 0.5) is 5.00 Å². The predicted molar refractivity (Wildman–Crippen MR) is 93.8 cm³/mol. The number of nitrogens with zero attached hydrogens (tertiary/aromatic N) is 1. The van der Waals surface area contributed by atoms with Crippen LogP contribution in [0.25, 0.3) is 0 Å². The molecular weight excluding hydrogens is 304 g/mol. The second-order valence-electron chi connectivity index (χ2n) is 6.09. The molecule has 1 aliphatic carbocycles. The van der Waals surface area contributed by atoms with E-state index in [-0.39, 0.29) is 11.8 Å². The third-order valence-electron chi connectivity index (χ3n) is 4.40. The Labute approximate surface area is 141 Å². The number of carbonyl (C=O) groups is 1. The zero-order chi connectivity index (χ0) is 16.2. The molecule has 3 rings (SSSR count). The van der Waals surface area contributed by atoms with E-state index in [1.807, 2.05) is 30.3 Å². The first kappa shape index (κ1) is 15.8. The van der Waals surface area contributed by atoms with Gasteiger partial charge in [0, 0.05) is 11.3 Å². The number of benzene rings is 1. The summed E-state index contributed by atoms with van der Waals surface area (Å²) in [5.41, 5.74) is 3.01. The molecule has 0 saturated heterocycles. The van der Waals surface area contributed by atoms with Gasteiger partial charge in [0.05, 0.1) is 5.56 Å². The van der Waals surface area contributed by atoms with E-state index in [0.29, 0.717) is 12.0 Å². The number of hydrogen-bond acceptors (Lipinski definition) is 3. The van der Waals surface area contributed by atoms with Gasteiger partial charge in [-0.2, -0.15) is 5.26 Å². The second kappa shape index (κ2) is 6.97. The zero-order valence-corrected chi connectivity index (χ0v) is 14.1. The Bertz CT molecular complexity index is 743. The van der Waals surface area contributed by atoms with Crippen LogP contribution in [0, 0.1) is 11.3 Å². The smallest absolute Gasteiger partial charge is 0.225 e. The summed E-state index contributed by atoms with van der Waals surface area (Å²) in [7, 11) is 0. The lowest BCUT2D eigenvalue weighted by Crippen LogP contribution is -2.14. The molecule has 1 aromatic heterocycles. The molecule has 1 atom stereocenters. The maximum absolute atomic E-state index is 12.4. The van der Waals surface area contributed by atoms with E-state index < -0.39 is 0 Å². The van der Waals surface area contributed by atoms with Gasteiger partial charge in [-0.3, -0.25) is 4.79 Å². The number of thiophene rings is 1. The summed E-state index contributed by atoms with van der Waals surface area (Å²) >= 11 is 1.58. The lowest BCUT2D eigenvalue weighted by Gasteiger charge is -2.11. The van der Waals surface area contributed by atoms with Crippen molar-refractivity contribution in [1.29, 1.82) is 5.26 Å². The molecule has 1 amide bonds. The highest BCUT2D eigenvalue weighted by Gasteiger charge is 2.22. The average molecular weight is 324 g/mol.